The van der Waals surface area contributed by atoms with Gasteiger partial charge in [0.1, 0.15) is 11.3 Å². The summed E-state index contributed by atoms with van der Waals surface area (Å²) in [5.41, 5.74) is 0.375. The minimum absolute atomic E-state index is 0.0426. The number of nitrogens with one attached hydrogen (secondary N) is 1. The van der Waals surface area contributed by atoms with Crippen LogP contribution in [0.15, 0.2) is 24.3 Å². The van der Waals surface area contributed by atoms with Crippen molar-refractivity contribution in [3.05, 3.63) is 29.8 Å². The molecule has 3 rings (SSSR count). The fraction of sp³-hybridized carbons (Fsp3) is 0.550. The van der Waals surface area contributed by atoms with Crippen LogP contribution in [0, 0.1) is 11.8 Å². The molecule has 7 heteroatoms. The predicted octanol–water partition coefficient (Wildman–Crippen LogP) is 2.28. The summed E-state index contributed by atoms with van der Waals surface area (Å²) in [6.45, 7) is 3.76. The van der Waals surface area contributed by atoms with Gasteiger partial charge in [0.25, 0.3) is 0 Å². The lowest BCUT2D eigenvalue weighted by Gasteiger charge is -2.38. The third kappa shape index (κ3) is 2.85. The van der Waals surface area contributed by atoms with E-state index in [0.717, 1.165) is 11.3 Å². The van der Waals surface area contributed by atoms with Crippen LogP contribution in [0.25, 0.3) is 0 Å². The second kappa shape index (κ2) is 6.87. The Balaban J connectivity index is 2.13. The summed E-state index contributed by atoms with van der Waals surface area (Å²) in [5.74, 6) is -1.89. The number of benzene rings is 1. The van der Waals surface area contributed by atoms with E-state index in [0.29, 0.717) is 19.4 Å². The lowest BCUT2D eigenvalue weighted by Crippen LogP contribution is -2.57. The molecule has 1 aliphatic heterocycles. The Hall–Kier alpha value is -2.57. The second-order valence-electron chi connectivity index (χ2n) is 7.73. The summed E-state index contributed by atoms with van der Waals surface area (Å²) < 4.78 is 0. The van der Waals surface area contributed by atoms with E-state index in [1.807, 2.05) is 43.3 Å². The maximum atomic E-state index is 12.9. The van der Waals surface area contributed by atoms with Crippen molar-refractivity contribution in [2.75, 3.05) is 25.5 Å². The number of rotatable bonds is 4. The van der Waals surface area contributed by atoms with Crippen LogP contribution in [-0.4, -0.2) is 54.0 Å². The van der Waals surface area contributed by atoms with E-state index in [4.69, 9.17) is 0 Å². The average Bonchev–Trinajstić information content (AvgIpc) is 3.12. The molecular formula is C20H27N3O4. The molecule has 4 atom stereocenters. The highest BCUT2D eigenvalue weighted by molar-refractivity contribution is 5.93. The number of amides is 2. The van der Waals surface area contributed by atoms with Crippen molar-refractivity contribution in [1.82, 2.24) is 10.2 Å². The van der Waals surface area contributed by atoms with Crippen molar-refractivity contribution in [2.45, 2.75) is 38.3 Å². The topological polar surface area (TPSA) is 90.0 Å². The van der Waals surface area contributed by atoms with E-state index in [1.54, 1.807) is 13.8 Å². The summed E-state index contributed by atoms with van der Waals surface area (Å²) in [6, 6.07) is 6.62. The zero-order valence-corrected chi connectivity index (χ0v) is 16.2. The summed E-state index contributed by atoms with van der Waals surface area (Å²) in [5, 5.41) is 12.8. The van der Waals surface area contributed by atoms with E-state index in [2.05, 4.69) is 5.32 Å². The number of ketones is 1. The minimum Gasteiger partial charge on any atom is -0.479 e. The SMILES string of the molecule is CCNC(=O)N1C(c2ccc(N(C)C)cc2)C2C(=O)CCC2C1(C)C(=O)O. The molecule has 0 spiro atoms. The van der Waals surface area contributed by atoms with Crippen LogP contribution >= 0.6 is 0 Å². The monoisotopic (exact) mass is 373 g/mol. The van der Waals surface area contributed by atoms with Crippen LogP contribution in [0.4, 0.5) is 10.5 Å². The van der Waals surface area contributed by atoms with Gasteiger partial charge in [-0.15, -0.1) is 0 Å². The largest absolute Gasteiger partial charge is 0.479 e. The van der Waals surface area contributed by atoms with Gasteiger partial charge in [0.15, 0.2) is 0 Å². The molecule has 146 valence electrons. The van der Waals surface area contributed by atoms with Gasteiger partial charge in [0.2, 0.25) is 0 Å². The highest BCUT2D eigenvalue weighted by atomic mass is 16.4. The van der Waals surface area contributed by atoms with Crippen molar-refractivity contribution in [3.8, 4) is 0 Å². The van der Waals surface area contributed by atoms with Gasteiger partial charge in [-0.1, -0.05) is 12.1 Å². The second-order valence-corrected chi connectivity index (χ2v) is 7.73. The van der Waals surface area contributed by atoms with Crippen LogP contribution in [0.2, 0.25) is 0 Å². The van der Waals surface area contributed by atoms with Crippen molar-refractivity contribution in [2.24, 2.45) is 11.8 Å². The number of carboxylic acid groups (broad SMARTS) is 1. The van der Waals surface area contributed by atoms with Crippen molar-refractivity contribution in [1.29, 1.82) is 0 Å². The van der Waals surface area contributed by atoms with E-state index in [-0.39, 0.29) is 11.7 Å². The number of carbonyl (C=O) groups is 3. The Kier molecular flexibility index (Phi) is 4.88. The van der Waals surface area contributed by atoms with Gasteiger partial charge < -0.3 is 20.2 Å². The first-order chi connectivity index (χ1) is 12.7. The van der Waals surface area contributed by atoms with Crippen molar-refractivity contribution in [3.63, 3.8) is 0 Å². The highest BCUT2D eigenvalue weighted by Gasteiger charge is 2.66. The van der Waals surface area contributed by atoms with Gasteiger partial charge in [0, 0.05) is 44.6 Å². The number of fused-ring (bicyclic) bond motifs is 1. The minimum atomic E-state index is -1.42. The number of likely N-dealkylation sites (tertiary alicyclic amines) is 1. The van der Waals surface area contributed by atoms with Gasteiger partial charge >= 0.3 is 12.0 Å². The number of nitrogens with zero attached hydrogens (tertiary/aromatic N) is 2. The molecular weight excluding hydrogens is 346 g/mol. The Bertz CT molecular complexity index is 761. The molecule has 7 nitrogen and oxygen atoms in total. The highest BCUT2D eigenvalue weighted by Crippen LogP contribution is 2.56. The Morgan fingerprint density at radius 2 is 1.93 bits per heavy atom. The third-order valence-electron chi connectivity index (χ3n) is 6.08. The van der Waals surface area contributed by atoms with E-state index in [1.165, 1.54) is 4.90 Å². The molecule has 1 aromatic carbocycles. The number of carboxylic acids is 1. The Morgan fingerprint density at radius 1 is 1.30 bits per heavy atom. The lowest BCUT2D eigenvalue weighted by molar-refractivity contribution is -0.150. The number of hydrogen-bond acceptors (Lipinski definition) is 4. The zero-order valence-electron chi connectivity index (χ0n) is 16.2. The molecule has 1 heterocycles. The summed E-state index contributed by atoms with van der Waals surface area (Å²) in [7, 11) is 3.87. The fourth-order valence-electron chi connectivity index (χ4n) is 4.68. The van der Waals surface area contributed by atoms with Crippen LogP contribution < -0.4 is 10.2 Å². The molecule has 0 radical (unpaired) electrons. The van der Waals surface area contributed by atoms with Gasteiger partial charge in [0.05, 0.1) is 6.04 Å². The van der Waals surface area contributed by atoms with E-state index >= 15 is 0 Å². The normalized spacial score (nSPS) is 29.6. The number of carbonyl (C=O) groups excluding carboxylic acids is 2. The molecule has 27 heavy (non-hydrogen) atoms. The molecule has 2 fully saturated rings. The Labute approximate surface area is 159 Å². The number of hydrogen-bond donors (Lipinski definition) is 2. The number of anilines is 1. The Morgan fingerprint density at radius 3 is 2.44 bits per heavy atom. The molecule has 0 aromatic heterocycles. The standard InChI is InChI=1S/C20H27N3O4/c1-5-21-19(27)23-17(12-6-8-13(9-7-12)22(3)4)16-14(10-11-15(16)24)20(23,2)18(25)26/h6-9,14,16-17H,5,10-11H2,1-4H3,(H,21,27)(H,25,26). The molecule has 1 aromatic rings. The van der Waals surface area contributed by atoms with E-state index < -0.39 is 29.5 Å². The third-order valence-corrected chi connectivity index (χ3v) is 6.08. The van der Waals surface area contributed by atoms with Crippen LogP contribution in [0.3, 0.4) is 0 Å². The van der Waals surface area contributed by atoms with Crippen LogP contribution in [-0.2, 0) is 9.59 Å². The maximum Gasteiger partial charge on any atom is 0.329 e. The molecule has 1 saturated carbocycles. The molecule has 2 amide bonds. The van der Waals surface area contributed by atoms with E-state index in [9.17, 15) is 19.5 Å². The summed E-state index contributed by atoms with van der Waals surface area (Å²) in [6.07, 6.45) is 0.863. The van der Waals surface area contributed by atoms with Gasteiger partial charge in [-0.3, -0.25) is 4.79 Å². The average molecular weight is 373 g/mol. The number of Topliss-reactive ketones (excluding diaryl/α,β-unsaturated/α-hetero) is 1. The lowest BCUT2D eigenvalue weighted by atomic mass is 9.81. The van der Waals surface area contributed by atoms with Crippen LogP contribution in [0.1, 0.15) is 38.3 Å². The van der Waals surface area contributed by atoms with Crippen molar-refractivity contribution < 1.29 is 19.5 Å². The summed E-state index contributed by atoms with van der Waals surface area (Å²) >= 11 is 0. The smallest absolute Gasteiger partial charge is 0.329 e. The molecule has 4 unspecified atom stereocenters. The maximum absolute atomic E-state index is 12.9. The van der Waals surface area contributed by atoms with Crippen LogP contribution in [0.5, 0.6) is 0 Å². The van der Waals surface area contributed by atoms with Gasteiger partial charge in [-0.25, -0.2) is 9.59 Å². The molecule has 2 aliphatic rings. The molecule has 2 N–H and O–H groups in total. The van der Waals surface area contributed by atoms with Gasteiger partial charge in [-0.2, -0.15) is 0 Å². The first kappa shape index (κ1) is 19.2. The zero-order chi connectivity index (χ0) is 19.9. The fourth-order valence-corrected chi connectivity index (χ4v) is 4.68. The number of aliphatic carboxylic acids is 1. The predicted molar refractivity (Wildman–Crippen MR) is 102 cm³/mol. The first-order valence-electron chi connectivity index (χ1n) is 9.34. The quantitative estimate of drug-likeness (QED) is 0.845. The molecule has 0 bridgehead atoms. The first-order valence-corrected chi connectivity index (χ1v) is 9.34. The van der Waals surface area contributed by atoms with Gasteiger partial charge in [-0.05, 0) is 38.0 Å². The molecule has 1 saturated heterocycles. The summed E-state index contributed by atoms with van der Waals surface area (Å²) in [4.78, 5) is 41.2. The molecule has 1 aliphatic carbocycles. The number of urea groups is 1. The van der Waals surface area contributed by atoms with Crippen molar-refractivity contribution >= 4 is 23.5 Å².